The second-order valence-corrected chi connectivity index (χ2v) is 4.67. The number of alkyl halides is 1. The Balaban J connectivity index is 0.000000419. The monoisotopic (exact) mass is 305 g/mol. The maximum atomic E-state index is 11.3. The summed E-state index contributed by atoms with van der Waals surface area (Å²) >= 11 is 3.26. The second-order valence-electron chi connectivity index (χ2n) is 3.15. The summed E-state index contributed by atoms with van der Waals surface area (Å²) in [6.45, 7) is 3.72. The van der Waals surface area contributed by atoms with Crippen LogP contribution in [0.25, 0.3) is 0 Å². The first-order chi connectivity index (χ1) is 7.96. The summed E-state index contributed by atoms with van der Waals surface area (Å²) in [6, 6.07) is -0.814. The molecule has 17 heavy (non-hydrogen) atoms. The summed E-state index contributed by atoms with van der Waals surface area (Å²) in [7, 11) is 0. The molecular formula is C9H16BrN5O2. The highest BCUT2D eigenvalue weighted by atomic mass is 79.9. The van der Waals surface area contributed by atoms with Crippen LogP contribution in [0.2, 0.25) is 0 Å². The standard InChI is InChI=1S/C7H13BrN2O2.C2H3N3/c1-3-7(8,4-2)5(11)10-6(9)12;1-2-4-5-3-1/h3-4H2,1-2H3,(H3,9,10,11,12);1-2H,(H,3,4,5). The lowest BCUT2D eigenvalue weighted by Crippen LogP contribution is -2.46. The largest absolute Gasteiger partial charge is 0.351 e. The van der Waals surface area contributed by atoms with E-state index in [9.17, 15) is 9.59 Å². The zero-order valence-corrected chi connectivity index (χ0v) is 11.3. The van der Waals surface area contributed by atoms with Crippen molar-refractivity contribution in [2.24, 2.45) is 5.73 Å². The summed E-state index contributed by atoms with van der Waals surface area (Å²) < 4.78 is -0.665. The van der Waals surface area contributed by atoms with Crippen LogP contribution in [0.3, 0.4) is 0 Å². The third-order valence-corrected chi connectivity index (χ3v) is 3.58. The number of hydrogen-bond acceptors (Lipinski definition) is 4. The Kier molecular flexibility index (Phi) is 7.11. The molecule has 0 atom stereocenters. The van der Waals surface area contributed by atoms with Gasteiger partial charge in [-0.15, -0.1) is 5.10 Å². The zero-order valence-electron chi connectivity index (χ0n) is 9.74. The molecule has 0 fully saturated rings. The van der Waals surface area contributed by atoms with Crippen LogP contribution in [0.5, 0.6) is 0 Å². The van der Waals surface area contributed by atoms with Gasteiger partial charge in [0.15, 0.2) is 0 Å². The van der Waals surface area contributed by atoms with E-state index in [1.807, 2.05) is 19.2 Å². The van der Waals surface area contributed by atoms with Crippen LogP contribution >= 0.6 is 15.9 Å². The predicted octanol–water partition coefficient (Wildman–Crippen LogP) is 0.940. The Morgan fingerprint density at radius 2 is 2.06 bits per heavy atom. The third-order valence-electron chi connectivity index (χ3n) is 2.10. The number of halogens is 1. The van der Waals surface area contributed by atoms with E-state index in [0.29, 0.717) is 12.8 Å². The topological polar surface area (TPSA) is 114 Å². The lowest BCUT2D eigenvalue weighted by molar-refractivity contribution is -0.122. The Bertz CT molecular complexity index is 320. The summed E-state index contributed by atoms with van der Waals surface area (Å²) in [5, 5.41) is 11.3. The molecule has 0 saturated carbocycles. The molecule has 7 nitrogen and oxygen atoms in total. The van der Waals surface area contributed by atoms with Crippen molar-refractivity contribution in [2.45, 2.75) is 31.0 Å². The molecule has 8 heteroatoms. The Morgan fingerprint density at radius 1 is 1.47 bits per heavy atom. The van der Waals surface area contributed by atoms with Gasteiger partial charge < -0.3 is 5.73 Å². The molecule has 0 radical (unpaired) electrons. The SMILES string of the molecule is CCC(Br)(CC)C(=O)NC(N)=O.c1c[nH]nn1. The number of nitrogens with two attached hydrogens (primary N) is 1. The number of primary amides is 1. The van der Waals surface area contributed by atoms with Gasteiger partial charge in [-0.05, 0) is 12.8 Å². The maximum Gasteiger partial charge on any atom is 0.318 e. The Labute approximate surface area is 108 Å². The lowest BCUT2D eigenvalue weighted by Gasteiger charge is -2.21. The summed E-state index contributed by atoms with van der Waals surface area (Å²) in [5.74, 6) is -0.375. The van der Waals surface area contributed by atoms with Crippen molar-refractivity contribution in [1.29, 1.82) is 0 Å². The van der Waals surface area contributed by atoms with Gasteiger partial charge in [0.2, 0.25) is 5.91 Å². The van der Waals surface area contributed by atoms with Gasteiger partial charge in [-0.2, -0.15) is 0 Å². The van der Waals surface area contributed by atoms with Crippen LogP contribution in [-0.2, 0) is 4.79 Å². The summed E-state index contributed by atoms with van der Waals surface area (Å²) in [6.07, 6.45) is 4.46. The van der Waals surface area contributed by atoms with Gasteiger partial charge in [-0.3, -0.25) is 15.2 Å². The minimum atomic E-state index is -0.814. The smallest absolute Gasteiger partial charge is 0.318 e. The number of imide groups is 1. The number of amides is 3. The molecule has 96 valence electrons. The molecule has 0 unspecified atom stereocenters. The van der Waals surface area contributed by atoms with Crippen molar-refractivity contribution >= 4 is 27.9 Å². The lowest BCUT2D eigenvalue weighted by atomic mass is 10.0. The molecule has 1 heterocycles. The molecule has 0 bridgehead atoms. The fourth-order valence-electron chi connectivity index (χ4n) is 0.962. The number of rotatable bonds is 3. The highest BCUT2D eigenvalue weighted by Crippen LogP contribution is 2.26. The van der Waals surface area contributed by atoms with Gasteiger partial charge in [-0.1, -0.05) is 35.0 Å². The molecule has 0 aliphatic heterocycles. The molecule has 1 aromatic heterocycles. The van der Waals surface area contributed by atoms with E-state index in [4.69, 9.17) is 5.73 Å². The van der Waals surface area contributed by atoms with Gasteiger partial charge in [0.25, 0.3) is 0 Å². The number of nitrogens with one attached hydrogen (secondary N) is 2. The molecule has 1 aromatic rings. The molecule has 1 rings (SSSR count). The summed E-state index contributed by atoms with van der Waals surface area (Å²) in [4.78, 5) is 21.6. The van der Waals surface area contributed by atoms with Crippen LogP contribution < -0.4 is 11.1 Å². The van der Waals surface area contributed by atoms with Crippen molar-refractivity contribution in [3.05, 3.63) is 12.4 Å². The molecule has 0 aliphatic rings. The van der Waals surface area contributed by atoms with Crippen molar-refractivity contribution in [1.82, 2.24) is 20.7 Å². The normalized spacial score (nSPS) is 10.1. The quantitative estimate of drug-likeness (QED) is 0.721. The highest BCUT2D eigenvalue weighted by molar-refractivity contribution is 9.10. The van der Waals surface area contributed by atoms with E-state index in [0.717, 1.165) is 0 Å². The zero-order chi connectivity index (χ0) is 13.3. The second kappa shape index (κ2) is 7.77. The van der Waals surface area contributed by atoms with Gasteiger partial charge in [0, 0.05) is 6.20 Å². The first-order valence-electron chi connectivity index (χ1n) is 5.06. The first-order valence-corrected chi connectivity index (χ1v) is 5.85. The predicted molar refractivity (Wildman–Crippen MR) is 66.3 cm³/mol. The molecular weight excluding hydrogens is 290 g/mol. The number of aromatic nitrogens is 3. The highest BCUT2D eigenvalue weighted by Gasteiger charge is 2.32. The fraction of sp³-hybridized carbons (Fsp3) is 0.556. The molecule has 0 aromatic carbocycles. The number of urea groups is 1. The number of hydrogen-bond donors (Lipinski definition) is 3. The van der Waals surface area contributed by atoms with Crippen molar-refractivity contribution in [3.63, 3.8) is 0 Å². The number of carbonyl (C=O) groups excluding carboxylic acids is 2. The molecule has 0 aliphatic carbocycles. The minimum Gasteiger partial charge on any atom is -0.351 e. The Morgan fingerprint density at radius 3 is 2.29 bits per heavy atom. The summed E-state index contributed by atoms with van der Waals surface area (Å²) in [5.41, 5.74) is 4.81. The number of carbonyl (C=O) groups is 2. The average molecular weight is 306 g/mol. The van der Waals surface area contributed by atoms with Gasteiger partial charge in [-0.25, -0.2) is 4.79 Å². The van der Waals surface area contributed by atoms with Gasteiger partial charge >= 0.3 is 6.03 Å². The van der Waals surface area contributed by atoms with E-state index in [1.165, 1.54) is 0 Å². The molecule has 0 spiro atoms. The van der Waals surface area contributed by atoms with Crippen molar-refractivity contribution in [2.75, 3.05) is 0 Å². The Hall–Kier alpha value is -1.44. The van der Waals surface area contributed by atoms with E-state index in [-0.39, 0.29) is 5.91 Å². The minimum absolute atomic E-state index is 0.375. The van der Waals surface area contributed by atoms with E-state index >= 15 is 0 Å². The fourth-order valence-corrected chi connectivity index (χ4v) is 1.06. The van der Waals surface area contributed by atoms with Crippen molar-refractivity contribution in [3.8, 4) is 0 Å². The number of nitrogens with zero attached hydrogens (tertiary/aromatic N) is 2. The van der Waals surface area contributed by atoms with Crippen LogP contribution in [0.4, 0.5) is 4.79 Å². The third kappa shape index (κ3) is 6.00. The number of H-pyrrole nitrogens is 1. The van der Waals surface area contributed by atoms with Crippen LogP contribution in [0.1, 0.15) is 26.7 Å². The van der Waals surface area contributed by atoms with Crippen LogP contribution in [0.15, 0.2) is 12.4 Å². The molecule has 3 amide bonds. The van der Waals surface area contributed by atoms with E-state index < -0.39 is 10.4 Å². The van der Waals surface area contributed by atoms with E-state index in [2.05, 4.69) is 31.3 Å². The van der Waals surface area contributed by atoms with E-state index in [1.54, 1.807) is 12.4 Å². The molecule has 4 N–H and O–H groups in total. The van der Waals surface area contributed by atoms with Crippen molar-refractivity contribution < 1.29 is 9.59 Å². The average Bonchev–Trinajstić information content (AvgIpc) is 2.85. The first kappa shape index (κ1) is 15.6. The van der Waals surface area contributed by atoms with Gasteiger partial charge in [0.1, 0.15) is 4.32 Å². The van der Waals surface area contributed by atoms with Crippen LogP contribution in [-0.4, -0.2) is 31.7 Å². The maximum absolute atomic E-state index is 11.3. The van der Waals surface area contributed by atoms with Crippen LogP contribution in [0, 0.1) is 0 Å². The molecule has 0 saturated heterocycles. The number of aromatic amines is 1. The van der Waals surface area contributed by atoms with Gasteiger partial charge in [0.05, 0.1) is 6.20 Å².